The molecule has 2 aromatic rings. The summed E-state index contributed by atoms with van der Waals surface area (Å²) in [6.07, 6.45) is 2.97. The Labute approximate surface area is 110 Å². The summed E-state index contributed by atoms with van der Waals surface area (Å²) in [5, 5.41) is 14.7. The van der Waals surface area contributed by atoms with Crippen LogP contribution in [0.2, 0.25) is 0 Å². The van der Waals surface area contributed by atoms with Crippen molar-refractivity contribution in [2.75, 3.05) is 0 Å². The monoisotopic (exact) mass is 264 g/mol. The first-order chi connectivity index (χ1) is 8.79. The van der Waals surface area contributed by atoms with Crippen LogP contribution in [0.4, 0.5) is 0 Å². The van der Waals surface area contributed by atoms with E-state index in [1.807, 2.05) is 22.9 Å². The third-order valence-electron chi connectivity index (χ3n) is 2.70. The highest BCUT2D eigenvalue weighted by Gasteiger charge is 2.06. The lowest BCUT2D eigenvalue weighted by Crippen LogP contribution is -2.24. The number of carbonyl (C=O) groups is 1. The van der Waals surface area contributed by atoms with Crippen molar-refractivity contribution in [1.82, 2.24) is 20.1 Å². The molecule has 0 radical (unpaired) electrons. The average molecular weight is 264 g/mol. The van der Waals surface area contributed by atoms with Crippen molar-refractivity contribution in [2.24, 2.45) is 0 Å². The van der Waals surface area contributed by atoms with Gasteiger partial charge in [-0.3, -0.25) is 4.79 Å². The third kappa shape index (κ3) is 3.40. The predicted octanol–water partition coefficient (Wildman–Crippen LogP) is 1.61. The summed E-state index contributed by atoms with van der Waals surface area (Å²) >= 11 is 1.65. The van der Waals surface area contributed by atoms with Crippen LogP contribution in [-0.4, -0.2) is 20.7 Å². The van der Waals surface area contributed by atoms with E-state index in [1.165, 1.54) is 5.56 Å². The quantitative estimate of drug-likeness (QED) is 0.862. The molecule has 5 nitrogen and oxygen atoms in total. The number of aromatic nitrogens is 3. The van der Waals surface area contributed by atoms with E-state index in [4.69, 9.17) is 0 Å². The Bertz CT molecular complexity index is 492. The van der Waals surface area contributed by atoms with E-state index in [9.17, 15) is 4.79 Å². The van der Waals surface area contributed by atoms with Gasteiger partial charge in [-0.15, -0.1) is 10.2 Å². The van der Waals surface area contributed by atoms with Crippen LogP contribution in [0, 0.1) is 0 Å². The molecule has 0 aliphatic heterocycles. The molecule has 0 fully saturated rings. The molecule has 6 heteroatoms. The molecule has 2 aromatic heterocycles. The van der Waals surface area contributed by atoms with Crippen LogP contribution >= 0.6 is 11.3 Å². The van der Waals surface area contributed by atoms with Crippen molar-refractivity contribution >= 4 is 17.2 Å². The van der Waals surface area contributed by atoms with Crippen molar-refractivity contribution in [1.29, 1.82) is 0 Å². The van der Waals surface area contributed by atoms with Gasteiger partial charge < -0.3 is 9.88 Å². The second-order valence-corrected chi connectivity index (χ2v) is 4.72. The van der Waals surface area contributed by atoms with Crippen molar-refractivity contribution in [2.45, 2.75) is 32.9 Å². The Balaban J connectivity index is 1.75. The Morgan fingerprint density at radius 3 is 3.17 bits per heavy atom. The smallest absolute Gasteiger partial charge is 0.220 e. The largest absolute Gasteiger partial charge is 0.349 e. The van der Waals surface area contributed by atoms with Gasteiger partial charge in [0.1, 0.15) is 6.33 Å². The first-order valence-corrected chi connectivity index (χ1v) is 6.88. The molecule has 0 atom stereocenters. The summed E-state index contributed by atoms with van der Waals surface area (Å²) in [5.41, 5.74) is 1.21. The number of hydrogen-bond donors (Lipinski definition) is 1. The molecule has 0 aromatic carbocycles. The molecule has 0 saturated carbocycles. The van der Waals surface area contributed by atoms with E-state index in [0.29, 0.717) is 13.0 Å². The van der Waals surface area contributed by atoms with Crippen LogP contribution in [0.5, 0.6) is 0 Å². The first-order valence-electron chi connectivity index (χ1n) is 5.94. The molecule has 0 aliphatic rings. The van der Waals surface area contributed by atoms with Gasteiger partial charge in [0.05, 0.1) is 6.54 Å². The highest BCUT2D eigenvalue weighted by atomic mass is 32.1. The van der Waals surface area contributed by atoms with E-state index in [1.54, 1.807) is 17.7 Å². The first kappa shape index (κ1) is 12.8. The van der Waals surface area contributed by atoms with Gasteiger partial charge in [0, 0.05) is 13.0 Å². The van der Waals surface area contributed by atoms with Gasteiger partial charge in [-0.1, -0.05) is 0 Å². The third-order valence-corrected chi connectivity index (χ3v) is 3.43. The number of thiophene rings is 1. The molecule has 96 valence electrons. The van der Waals surface area contributed by atoms with Crippen LogP contribution in [0.1, 0.15) is 24.7 Å². The zero-order valence-electron chi connectivity index (χ0n) is 10.3. The number of hydrogen-bond acceptors (Lipinski definition) is 4. The zero-order chi connectivity index (χ0) is 12.8. The molecule has 0 unspecified atom stereocenters. The highest BCUT2D eigenvalue weighted by molar-refractivity contribution is 7.07. The maximum atomic E-state index is 11.7. The van der Waals surface area contributed by atoms with Crippen LogP contribution in [0.15, 0.2) is 23.2 Å². The van der Waals surface area contributed by atoms with Crippen LogP contribution in [-0.2, 0) is 24.3 Å². The number of nitrogens with zero attached hydrogens (tertiary/aromatic N) is 3. The number of carbonyl (C=O) groups excluding carboxylic acids is 1. The summed E-state index contributed by atoms with van der Waals surface area (Å²) in [6.45, 7) is 3.27. The Hall–Kier alpha value is -1.69. The summed E-state index contributed by atoms with van der Waals surface area (Å²) in [7, 11) is 0. The van der Waals surface area contributed by atoms with Crippen LogP contribution in [0.3, 0.4) is 0 Å². The van der Waals surface area contributed by atoms with Gasteiger partial charge >= 0.3 is 0 Å². The summed E-state index contributed by atoms with van der Waals surface area (Å²) in [6, 6.07) is 2.05. The highest BCUT2D eigenvalue weighted by Crippen LogP contribution is 2.08. The maximum Gasteiger partial charge on any atom is 0.220 e. The fourth-order valence-corrected chi connectivity index (χ4v) is 2.34. The molecule has 2 rings (SSSR count). The number of aryl methyl sites for hydroxylation is 2. The van der Waals surface area contributed by atoms with E-state index >= 15 is 0 Å². The van der Waals surface area contributed by atoms with Gasteiger partial charge in [0.15, 0.2) is 5.82 Å². The fraction of sp³-hybridized carbons (Fsp3) is 0.417. The minimum absolute atomic E-state index is 0.0480. The number of nitrogens with one attached hydrogen (secondary N) is 1. The summed E-state index contributed by atoms with van der Waals surface area (Å²) < 4.78 is 1.92. The lowest BCUT2D eigenvalue weighted by Gasteiger charge is -2.05. The normalized spacial score (nSPS) is 10.5. The Morgan fingerprint density at radius 1 is 1.56 bits per heavy atom. The molecule has 0 spiro atoms. The molecule has 2 heterocycles. The van der Waals surface area contributed by atoms with Crippen LogP contribution < -0.4 is 5.32 Å². The molecule has 0 saturated heterocycles. The van der Waals surface area contributed by atoms with Gasteiger partial charge in [-0.2, -0.15) is 11.3 Å². The van der Waals surface area contributed by atoms with Crippen molar-refractivity contribution in [3.8, 4) is 0 Å². The standard InChI is InChI=1S/C12H16N4OS/c1-2-16-9-14-15-11(16)7-13-12(17)4-3-10-5-6-18-8-10/h5-6,8-9H,2-4,7H2,1H3,(H,13,17). The van der Waals surface area contributed by atoms with Gasteiger partial charge in [-0.05, 0) is 35.7 Å². The van der Waals surface area contributed by atoms with Crippen molar-refractivity contribution < 1.29 is 4.79 Å². The van der Waals surface area contributed by atoms with Gasteiger partial charge in [0.25, 0.3) is 0 Å². The summed E-state index contributed by atoms with van der Waals surface area (Å²) in [4.78, 5) is 11.7. The van der Waals surface area contributed by atoms with Gasteiger partial charge in [-0.25, -0.2) is 0 Å². The maximum absolute atomic E-state index is 11.7. The van der Waals surface area contributed by atoms with E-state index < -0.39 is 0 Å². The Kier molecular flexibility index (Phi) is 4.46. The predicted molar refractivity (Wildman–Crippen MR) is 70.2 cm³/mol. The summed E-state index contributed by atoms with van der Waals surface area (Å²) in [5.74, 6) is 0.841. The van der Waals surface area contributed by atoms with Crippen molar-refractivity contribution in [3.05, 3.63) is 34.5 Å². The Morgan fingerprint density at radius 2 is 2.44 bits per heavy atom. The number of rotatable bonds is 6. The molecule has 1 N–H and O–H groups in total. The molecular formula is C12H16N4OS. The van der Waals surface area contributed by atoms with E-state index in [-0.39, 0.29) is 5.91 Å². The average Bonchev–Trinajstić information content (AvgIpc) is 3.04. The second-order valence-electron chi connectivity index (χ2n) is 3.94. The van der Waals surface area contributed by atoms with Crippen molar-refractivity contribution in [3.63, 3.8) is 0 Å². The SMILES string of the molecule is CCn1cnnc1CNC(=O)CCc1ccsc1. The second kappa shape index (κ2) is 6.30. The molecule has 0 bridgehead atoms. The topological polar surface area (TPSA) is 59.8 Å². The molecule has 1 amide bonds. The zero-order valence-corrected chi connectivity index (χ0v) is 11.1. The molecule has 18 heavy (non-hydrogen) atoms. The minimum atomic E-state index is 0.0480. The van der Waals surface area contributed by atoms with Crippen LogP contribution in [0.25, 0.3) is 0 Å². The lowest BCUT2D eigenvalue weighted by molar-refractivity contribution is -0.121. The fourth-order valence-electron chi connectivity index (χ4n) is 1.64. The van der Waals surface area contributed by atoms with Gasteiger partial charge in [0.2, 0.25) is 5.91 Å². The van der Waals surface area contributed by atoms with E-state index in [2.05, 4.69) is 20.9 Å². The lowest BCUT2D eigenvalue weighted by atomic mass is 10.2. The number of amides is 1. The van der Waals surface area contributed by atoms with E-state index in [0.717, 1.165) is 18.8 Å². The molecule has 0 aliphatic carbocycles. The minimum Gasteiger partial charge on any atom is -0.349 e. The molecular weight excluding hydrogens is 248 g/mol.